The van der Waals surface area contributed by atoms with E-state index >= 15 is 0 Å². The number of imide groups is 1. The molecule has 2 unspecified atom stereocenters. The van der Waals surface area contributed by atoms with Gasteiger partial charge >= 0.3 is 0 Å². The molecule has 0 radical (unpaired) electrons. The summed E-state index contributed by atoms with van der Waals surface area (Å²) in [4.78, 5) is 38.0. The SMILES string of the molecule is COc1ccc(CCNC(=O)CCN2C(=O)C3CC=CCC3C2=O)cc1. The minimum atomic E-state index is -0.231. The number of allylic oxidation sites excluding steroid dienone is 2. The van der Waals surface area contributed by atoms with E-state index in [0.717, 1.165) is 11.3 Å². The van der Waals surface area contributed by atoms with Crippen molar-refractivity contribution in [1.82, 2.24) is 10.2 Å². The van der Waals surface area contributed by atoms with Crippen LogP contribution in [-0.2, 0) is 20.8 Å². The van der Waals surface area contributed by atoms with Gasteiger partial charge < -0.3 is 10.1 Å². The smallest absolute Gasteiger partial charge is 0.233 e. The first-order valence-corrected chi connectivity index (χ1v) is 9.00. The van der Waals surface area contributed by atoms with E-state index in [1.54, 1.807) is 7.11 Å². The van der Waals surface area contributed by atoms with Crippen LogP contribution in [0.25, 0.3) is 0 Å². The fourth-order valence-electron chi connectivity index (χ4n) is 3.53. The summed E-state index contributed by atoms with van der Waals surface area (Å²) >= 11 is 0. The van der Waals surface area contributed by atoms with Gasteiger partial charge in [0.2, 0.25) is 17.7 Å². The van der Waals surface area contributed by atoms with E-state index in [9.17, 15) is 14.4 Å². The van der Waals surface area contributed by atoms with E-state index in [1.165, 1.54) is 4.90 Å². The van der Waals surface area contributed by atoms with Crippen LogP contribution in [0.4, 0.5) is 0 Å². The van der Waals surface area contributed by atoms with Crippen LogP contribution in [0.1, 0.15) is 24.8 Å². The summed E-state index contributed by atoms with van der Waals surface area (Å²) in [6.45, 7) is 0.682. The number of nitrogens with zero attached hydrogens (tertiary/aromatic N) is 1. The molecule has 1 aromatic rings. The molecule has 3 rings (SSSR count). The van der Waals surface area contributed by atoms with E-state index < -0.39 is 0 Å². The predicted molar refractivity (Wildman–Crippen MR) is 96.4 cm³/mol. The molecule has 6 heteroatoms. The number of hydrogen-bond donors (Lipinski definition) is 1. The molecule has 3 amide bonds. The maximum atomic E-state index is 12.3. The van der Waals surface area contributed by atoms with E-state index in [4.69, 9.17) is 4.74 Å². The third-order valence-corrected chi connectivity index (χ3v) is 5.06. The highest BCUT2D eigenvalue weighted by Gasteiger charge is 2.46. The summed E-state index contributed by atoms with van der Waals surface area (Å²) in [5.74, 6) is -0.0670. The molecule has 1 aliphatic heterocycles. The first-order chi connectivity index (χ1) is 12.6. The predicted octanol–water partition coefficient (Wildman–Crippen LogP) is 1.70. The largest absolute Gasteiger partial charge is 0.497 e. The Morgan fingerprint density at radius 2 is 1.73 bits per heavy atom. The monoisotopic (exact) mass is 356 g/mol. The van der Waals surface area contributed by atoms with Gasteiger partial charge in [0.1, 0.15) is 5.75 Å². The van der Waals surface area contributed by atoms with E-state index in [0.29, 0.717) is 25.8 Å². The van der Waals surface area contributed by atoms with E-state index in [-0.39, 0.29) is 42.5 Å². The van der Waals surface area contributed by atoms with Crippen molar-refractivity contribution in [1.29, 1.82) is 0 Å². The van der Waals surface area contributed by atoms with Crippen molar-refractivity contribution in [3.63, 3.8) is 0 Å². The Bertz CT molecular complexity index is 685. The average Bonchev–Trinajstić information content (AvgIpc) is 2.91. The molecule has 0 aromatic heterocycles. The maximum Gasteiger partial charge on any atom is 0.233 e. The molecule has 0 bridgehead atoms. The number of fused-ring (bicyclic) bond motifs is 1. The van der Waals surface area contributed by atoms with Crippen LogP contribution in [0, 0.1) is 11.8 Å². The van der Waals surface area contributed by atoms with Gasteiger partial charge in [-0.05, 0) is 37.0 Å². The van der Waals surface area contributed by atoms with Crippen molar-refractivity contribution in [2.75, 3.05) is 20.2 Å². The lowest BCUT2D eigenvalue weighted by molar-refractivity contribution is -0.140. The number of nitrogens with one attached hydrogen (secondary N) is 1. The minimum Gasteiger partial charge on any atom is -0.497 e. The molecule has 0 saturated carbocycles. The molecule has 6 nitrogen and oxygen atoms in total. The van der Waals surface area contributed by atoms with Crippen LogP contribution in [-0.4, -0.2) is 42.8 Å². The molecule has 0 spiro atoms. The Morgan fingerprint density at radius 1 is 1.12 bits per heavy atom. The fourth-order valence-corrected chi connectivity index (χ4v) is 3.53. The average molecular weight is 356 g/mol. The Hall–Kier alpha value is -2.63. The molecule has 2 atom stereocenters. The molecule has 1 N–H and O–H groups in total. The molecule has 1 aromatic carbocycles. The molecular weight excluding hydrogens is 332 g/mol. The summed E-state index contributed by atoms with van der Waals surface area (Å²) < 4.78 is 5.11. The number of ether oxygens (including phenoxy) is 1. The van der Waals surface area contributed by atoms with Crippen molar-refractivity contribution < 1.29 is 19.1 Å². The number of likely N-dealkylation sites (tertiary alicyclic amines) is 1. The van der Waals surface area contributed by atoms with E-state index in [2.05, 4.69) is 5.32 Å². The highest BCUT2D eigenvalue weighted by Crippen LogP contribution is 2.34. The summed E-state index contributed by atoms with van der Waals surface area (Å²) in [6, 6.07) is 7.69. The number of methoxy groups -OCH3 is 1. The first kappa shape index (κ1) is 18.2. The molecular formula is C20H24N2O4. The molecule has 2 aliphatic rings. The van der Waals surface area contributed by atoms with Crippen LogP contribution in [0.2, 0.25) is 0 Å². The van der Waals surface area contributed by atoms with Crippen molar-refractivity contribution in [3.05, 3.63) is 42.0 Å². The summed E-state index contributed by atoms with van der Waals surface area (Å²) in [6.07, 6.45) is 6.03. The highest BCUT2D eigenvalue weighted by molar-refractivity contribution is 6.05. The molecule has 26 heavy (non-hydrogen) atoms. The van der Waals surface area contributed by atoms with Gasteiger partial charge in [0.25, 0.3) is 0 Å². The third kappa shape index (κ3) is 3.95. The third-order valence-electron chi connectivity index (χ3n) is 5.06. The second-order valence-electron chi connectivity index (χ2n) is 6.68. The van der Waals surface area contributed by atoms with Crippen LogP contribution < -0.4 is 10.1 Å². The zero-order valence-electron chi connectivity index (χ0n) is 14.9. The highest BCUT2D eigenvalue weighted by atomic mass is 16.5. The Balaban J connectivity index is 1.41. The van der Waals surface area contributed by atoms with Crippen LogP contribution in [0.15, 0.2) is 36.4 Å². The number of carbonyl (C=O) groups is 3. The lowest BCUT2D eigenvalue weighted by Crippen LogP contribution is -2.35. The van der Waals surface area contributed by atoms with Crippen LogP contribution >= 0.6 is 0 Å². The number of hydrogen-bond acceptors (Lipinski definition) is 4. The van der Waals surface area contributed by atoms with Gasteiger partial charge in [-0.2, -0.15) is 0 Å². The number of amides is 3. The lowest BCUT2D eigenvalue weighted by Gasteiger charge is -2.14. The van der Waals surface area contributed by atoms with Crippen molar-refractivity contribution in [2.45, 2.75) is 25.7 Å². The van der Waals surface area contributed by atoms with Gasteiger partial charge in [0.15, 0.2) is 0 Å². The Labute approximate surface area is 153 Å². The maximum absolute atomic E-state index is 12.3. The van der Waals surface area contributed by atoms with Crippen molar-refractivity contribution >= 4 is 17.7 Å². The van der Waals surface area contributed by atoms with Gasteiger partial charge in [-0.1, -0.05) is 24.3 Å². The molecule has 1 fully saturated rings. The molecule has 138 valence electrons. The topological polar surface area (TPSA) is 75.7 Å². The van der Waals surface area contributed by atoms with Crippen LogP contribution in [0.3, 0.4) is 0 Å². The van der Waals surface area contributed by atoms with Gasteiger partial charge in [0, 0.05) is 19.5 Å². The summed E-state index contributed by atoms with van der Waals surface area (Å²) in [5, 5.41) is 2.84. The zero-order valence-corrected chi connectivity index (χ0v) is 14.9. The van der Waals surface area contributed by atoms with Gasteiger partial charge in [-0.3, -0.25) is 19.3 Å². The molecule has 1 aliphatic carbocycles. The van der Waals surface area contributed by atoms with Crippen molar-refractivity contribution in [3.8, 4) is 5.75 Å². The second kappa shape index (κ2) is 8.17. The summed E-state index contributed by atoms with van der Waals surface area (Å²) in [7, 11) is 1.62. The minimum absolute atomic E-state index is 0.129. The number of rotatable bonds is 7. The normalized spacial score (nSPS) is 21.7. The molecule has 1 heterocycles. The fraction of sp³-hybridized carbons (Fsp3) is 0.450. The molecule has 1 saturated heterocycles. The quantitative estimate of drug-likeness (QED) is 0.596. The first-order valence-electron chi connectivity index (χ1n) is 9.00. The number of carbonyl (C=O) groups excluding carboxylic acids is 3. The summed E-state index contributed by atoms with van der Waals surface area (Å²) in [5.41, 5.74) is 1.10. The van der Waals surface area contributed by atoms with E-state index in [1.807, 2.05) is 36.4 Å². The Kier molecular flexibility index (Phi) is 5.71. The lowest BCUT2D eigenvalue weighted by atomic mass is 9.85. The standard InChI is InChI=1S/C20H24N2O4/c1-26-15-8-6-14(7-9-15)10-12-21-18(23)11-13-22-19(24)16-4-2-3-5-17(16)20(22)25/h2-3,6-9,16-17H,4-5,10-13H2,1H3,(H,21,23). The van der Waals surface area contributed by atoms with Crippen LogP contribution in [0.5, 0.6) is 5.75 Å². The second-order valence-corrected chi connectivity index (χ2v) is 6.68. The van der Waals surface area contributed by atoms with Crippen molar-refractivity contribution in [2.24, 2.45) is 11.8 Å². The van der Waals surface area contributed by atoms with Gasteiger partial charge in [0.05, 0.1) is 18.9 Å². The zero-order chi connectivity index (χ0) is 18.5. The van der Waals surface area contributed by atoms with Gasteiger partial charge in [-0.15, -0.1) is 0 Å². The van der Waals surface area contributed by atoms with Gasteiger partial charge in [-0.25, -0.2) is 0 Å². The number of benzene rings is 1. The Morgan fingerprint density at radius 3 is 2.31 bits per heavy atom.